The Hall–Kier alpha value is -3.65. The SMILES string of the molecule is Cc1ccc(-c2cnc([C@H](C)CC(=O)[C@H](CC(=O)N3CCCC[C@@H]3C)NCC(=O)c3ccccc3)[nH]2)c(F)c1. The number of nitrogens with one attached hydrogen (secondary N) is 2. The van der Waals surface area contributed by atoms with Crippen LogP contribution in [-0.2, 0) is 9.59 Å². The Morgan fingerprint density at radius 3 is 2.62 bits per heavy atom. The number of hydrogen-bond acceptors (Lipinski definition) is 5. The van der Waals surface area contributed by atoms with Crippen LogP contribution in [0, 0.1) is 12.7 Å². The molecular formula is C31H37FN4O3. The summed E-state index contributed by atoms with van der Waals surface area (Å²) in [5, 5.41) is 3.08. The molecule has 206 valence electrons. The maximum absolute atomic E-state index is 14.5. The van der Waals surface area contributed by atoms with Gasteiger partial charge in [-0.15, -0.1) is 0 Å². The van der Waals surface area contributed by atoms with Crippen molar-refractivity contribution >= 4 is 17.5 Å². The summed E-state index contributed by atoms with van der Waals surface area (Å²) in [6, 6.07) is 13.2. The van der Waals surface area contributed by atoms with E-state index in [9.17, 15) is 18.8 Å². The maximum Gasteiger partial charge on any atom is 0.224 e. The molecule has 39 heavy (non-hydrogen) atoms. The number of H-pyrrole nitrogens is 1. The third-order valence-electron chi connectivity index (χ3n) is 7.48. The highest BCUT2D eigenvalue weighted by Crippen LogP contribution is 2.26. The molecule has 0 radical (unpaired) electrons. The number of aromatic amines is 1. The van der Waals surface area contributed by atoms with Crippen LogP contribution in [0.25, 0.3) is 11.3 Å². The number of Topliss-reactive ketones (excluding diaryl/α,β-unsaturated/α-hetero) is 2. The lowest BCUT2D eigenvalue weighted by Gasteiger charge is -2.34. The molecule has 8 heteroatoms. The van der Waals surface area contributed by atoms with E-state index in [0.717, 1.165) is 24.8 Å². The van der Waals surface area contributed by atoms with Crippen molar-refractivity contribution in [3.8, 4) is 11.3 Å². The monoisotopic (exact) mass is 532 g/mol. The van der Waals surface area contributed by atoms with Gasteiger partial charge in [-0.1, -0.05) is 43.3 Å². The molecule has 0 saturated carbocycles. The number of hydrogen-bond donors (Lipinski definition) is 2. The molecule has 0 aliphatic carbocycles. The number of benzene rings is 2. The molecule has 0 unspecified atom stereocenters. The van der Waals surface area contributed by atoms with Crippen molar-refractivity contribution in [2.75, 3.05) is 13.1 Å². The normalized spacial score (nSPS) is 17.0. The molecule has 2 N–H and O–H groups in total. The van der Waals surface area contributed by atoms with E-state index in [2.05, 4.69) is 15.3 Å². The van der Waals surface area contributed by atoms with Crippen molar-refractivity contribution in [3.63, 3.8) is 0 Å². The van der Waals surface area contributed by atoms with Crippen LogP contribution in [0.5, 0.6) is 0 Å². The van der Waals surface area contributed by atoms with Crippen molar-refractivity contribution in [2.24, 2.45) is 0 Å². The third-order valence-corrected chi connectivity index (χ3v) is 7.48. The van der Waals surface area contributed by atoms with Crippen molar-refractivity contribution < 1.29 is 18.8 Å². The Labute approximate surface area is 229 Å². The van der Waals surface area contributed by atoms with Crippen LogP contribution in [0.15, 0.2) is 54.7 Å². The molecule has 0 bridgehead atoms. The second kappa shape index (κ2) is 12.9. The van der Waals surface area contributed by atoms with Gasteiger partial charge in [-0.3, -0.25) is 19.7 Å². The number of carbonyl (C=O) groups is 3. The van der Waals surface area contributed by atoms with E-state index in [1.165, 1.54) is 6.07 Å². The van der Waals surface area contributed by atoms with Gasteiger partial charge in [0.25, 0.3) is 0 Å². The lowest BCUT2D eigenvalue weighted by molar-refractivity contribution is -0.137. The highest BCUT2D eigenvalue weighted by atomic mass is 19.1. The number of aromatic nitrogens is 2. The van der Waals surface area contributed by atoms with Gasteiger partial charge in [0, 0.05) is 42.5 Å². The van der Waals surface area contributed by atoms with Crippen molar-refractivity contribution in [2.45, 2.75) is 70.9 Å². The summed E-state index contributed by atoms with van der Waals surface area (Å²) in [5.41, 5.74) is 2.33. The molecule has 3 aromatic rings. The summed E-state index contributed by atoms with van der Waals surface area (Å²) in [6.45, 7) is 6.37. The molecule has 1 fully saturated rings. The zero-order valence-electron chi connectivity index (χ0n) is 22.9. The number of carbonyl (C=O) groups excluding carboxylic acids is 3. The molecule has 1 saturated heterocycles. The Balaban J connectivity index is 1.45. The predicted octanol–water partition coefficient (Wildman–Crippen LogP) is 5.22. The highest BCUT2D eigenvalue weighted by molar-refractivity contribution is 5.98. The molecule has 1 aliphatic rings. The number of amides is 1. The largest absolute Gasteiger partial charge is 0.342 e. The average molecular weight is 533 g/mol. The standard InChI is InChI=1S/C31H37FN4O3/c1-20-12-13-24(25(32)15-20)27-18-34-31(35-27)21(2)16-28(37)26(17-30(39)36-14-8-7-9-22(36)3)33-19-29(38)23-10-5-4-6-11-23/h4-6,10-13,15,18,21-22,26,33H,7-9,14,16-17,19H2,1-3H3,(H,34,35)/t21-,22+,26+/m1/s1. The molecule has 1 amide bonds. The average Bonchev–Trinajstić information content (AvgIpc) is 3.41. The summed E-state index contributed by atoms with van der Waals surface area (Å²) in [4.78, 5) is 48.8. The summed E-state index contributed by atoms with van der Waals surface area (Å²) in [5.74, 6) is -0.460. The predicted molar refractivity (Wildman–Crippen MR) is 149 cm³/mol. The fourth-order valence-electron chi connectivity index (χ4n) is 5.11. The number of piperidine rings is 1. The first-order valence-corrected chi connectivity index (χ1v) is 13.7. The molecule has 4 rings (SSSR count). The van der Waals surface area contributed by atoms with E-state index in [-0.39, 0.29) is 54.6 Å². The second-order valence-corrected chi connectivity index (χ2v) is 10.6. The molecule has 2 aromatic carbocycles. The van der Waals surface area contributed by atoms with Gasteiger partial charge in [0.15, 0.2) is 11.6 Å². The Morgan fingerprint density at radius 2 is 1.90 bits per heavy atom. The lowest BCUT2D eigenvalue weighted by Crippen LogP contribution is -2.48. The van der Waals surface area contributed by atoms with E-state index in [1.807, 2.05) is 37.8 Å². The van der Waals surface area contributed by atoms with Crippen LogP contribution in [0.1, 0.15) is 73.6 Å². The molecule has 3 atom stereocenters. The third kappa shape index (κ3) is 7.26. The van der Waals surface area contributed by atoms with E-state index < -0.39 is 6.04 Å². The molecule has 0 spiro atoms. The van der Waals surface area contributed by atoms with Gasteiger partial charge in [0.05, 0.1) is 24.5 Å². The second-order valence-electron chi connectivity index (χ2n) is 10.6. The summed E-state index contributed by atoms with van der Waals surface area (Å²) < 4.78 is 14.5. The molecule has 1 aliphatic heterocycles. The number of imidazole rings is 1. The van der Waals surface area contributed by atoms with Gasteiger partial charge in [0.1, 0.15) is 11.6 Å². The fourth-order valence-corrected chi connectivity index (χ4v) is 5.11. The topological polar surface area (TPSA) is 95.2 Å². The van der Waals surface area contributed by atoms with E-state index in [0.29, 0.717) is 29.2 Å². The van der Waals surface area contributed by atoms with Crippen LogP contribution >= 0.6 is 0 Å². The van der Waals surface area contributed by atoms with Gasteiger partial charge in [-0.2, -0.15) is 0 Å². The molecular weight excluding hydrogens is 495 g/mol. The van der Waals surface area contributed by atoms with Gasteiger partial charge in [-0.25, -0.2) is 9.37 Å². The van der Waals surface area contributed by atoms with Crippen LogP contribution in [0.3, 0.4) is 0 Å². The minimum absolute atomic E-state index is 0.00402. The summed E-state index contributed by atoms with van der Waals surface area (Å²) in [7, 11) is 0. The minimum atomic E-state index is -0.800. The van der Waals surface area contributed by atoms with E-state index in [4.69, 9.17) is 0 Å². The Morgan fingerprint density at radius 1 is 1.13 bits per heavy atom. The number of aryl methyl sites for hydroxylation is 1. The summed E-state index contributed by atoms with van der Waals surface area (Å²) >= 11 is 0. The highest BCUT2D eigenvalue weighted by Gasteiger charge is 2.30. The zero-order chi connectivity index (χ0) is 27.9. The number of likely N-dealkylation sites (tertiary alicyclic amines) is 1. The maximum atomic E-state index is 14.5. The number of rotatable bonds is 11. The first-order valence-electron chi connectivity index (χ1n) is 13.7. The Kier molecular flexibility index (Phi) is 9.41. The van der Waals surface area contributed by atoms with Gasteiger partial charge in [-0.05, 0) is 50.8 Å². The minimum Gasteiger partial charge on any atom is -0.342 e. The van der Waals surface area contributed by atoms with Gasteiger partial charge >= 0.3 is 0 Å². The molecule has 2 heterocycles. The van der Waals surface area contributed by atoms with Crippen molar-refractivity contribution in [1.29, 1.82) is 0 Å². The Bertz CT molecular complexity index is 1310. The van der Waals surface area contributed by atoms with Crippen LogP contribution < -0.4 is 5.32 Å². The first-order chi connectivity index (χ1) is 18.7. The lowest BCUT2D eigenvalue weighted by atomic mass is 9.96. The van der Waals surface area contributed by atoms with E-state index in [1.54, 1.807) is 36.5 Å². The summed E-state index contributed by atoms with van der Waals surface area (Å²) in [6.07, 6.45) is 4.67. The van der Waals surface area contributed by atoms with Crippen LogP contribution in [0.2, 0.25) is 0 Å². The smallest absolute Gasteiger partial charge is 0.224 e. The van der Waals surface area contributed by atoms with E-state index >= 15 is 0 Å². The van der Waals surface area contributed by atoms with Gasteiger partial charge < -0.3 is 9.88 Å². The quantitative estimate of drug-likeness (QED) is 0.330. The van der Waals surface area contributed by atoms with Crippen LogP contribution in [0.4, 0.5) is 4.39 Å². The first kappa shape index (κ1) is 28.4. The zero-order valence-corrected chi connectivity index (χ0v) is 22.9. The number of ketones is 2. The number of halogens is 1. The number of nitrogens with zero attached hydrogens (tertiary/aromatic N) is 2. The molecule has 7 nitrogen and oxygen atoms in total. The van der Waals surface area contributed by atoms with Crippen molar-refractivity contribution in [3.05, 3.63) is 77.5 Å². The fraction of sp³-hybridized carbons (Fsp3) is 0.419. The molecule has 1 aromatic heterocycles. The van der Waals surface area contributed by atoms with Crippen molar-refractivity contribution in [1.82, 2.24) is 20.2 Å². The van der Waals surface area contributed by atoms with Crippen LogP contribution in [-0.4, -0.2) is 57.5 Å². The van der Waals surface area contributed by atoms with Gasteiger partial charge in [0.2, 0.25) is 5.91 Å².